The Morgan fingerprint density at radius 2 is 2.00 bits per heavy atom. The van der Waals surface area contributed by atoms with E-state index in [-0.39, 0.29) is 0 Å². The van der Waals surface area contributed by atoms with Crippen molar-refractivity contribution in [3.63, 3.8) is 0 Å². The van der Waals surface area contributed by atoms with Gasteiger partial charge in [-0.25, -0.2) is 0 Å². The summed E-state index contributed by atoms with van der Waals surface area (Å²) >= 11 is 3.55. The first-order valence-electron chi connectivity index (χ1n) is 7.56. The molecule has 0 aliphatic rings. The Labute approximate surface area is 148 Å². The van der Waals surface area contributed by atoms with Crippen LogP contribution in [0.1, 0.15) is 18.1 Å². The van der Waals surface area contributed by atoms with E-state index in [1.54, 1.807) is 0 Å². The van der Waals surface area contributed by atoms with Crippen molar-refractivity contribution in [3.05, 3.63) is 52.0 Å². The van der Waals surface area contributed by atoms with Gasteiger partial charge in [-0.2, -0.15) is 5.21 Å². The van der Waals surface area contributed by atoms with Gasteiger partial charge in [-0.05, 0) is 58.3 Å². The number of nitrogens with zero attached hydrogens (tertiary/aromatic N) is 3. The molecule has 0 fully saturated rings. The minimum absolute atomic E-state index is 0.465. The molecule has 2 aromatic carbocycles. The lowest BCUT2D eigenvalue weighted by Gasteiger charge is -2.15. The summed E-state index contributed by atoms with van der Waals surface area (Å²) in [5.41, 5.74) is 3.12. The number of tetrazole rings is 1. The van der Waals surface area contributed by atoms with Gasteiger partial charge < -0.3 is 9.47 Å². The standard InChI is InChI=1S/C17H17BrN4O2/c1-3-23-15-9-13(17-19-21-22-20-17)8-14(18)16(15)24-10-12-7-5-4-6-11(12)2/h4-9H,3,10H2,1-2H3,(H,19,20,21,22). The number of halogens is 1. The highest BCUT2D eigenvalue weighted by atomic mass is 79.9. The summed E-state index contributed by atoms with van der Waals surface area (Å²) < 4.78 is 12.5. The van der Waals surface area contributed by atoms with Crippen molar-refractivity contribution < 1.29 is 9.47 Å². The van der Waals surface area contributed by atoms with Crippen molar-refractivity contribution in [1.82, 2.24) is 20.6 Å². The van der Waals surface area contributed by atoms with Crippen LogP contribution in [0.25, 0.3) is 11.4 Å². The molecule has 0 spiro atoms. The fourth-order valence-corrected chi connectivity index (χ4v) is 2.86. The summed E-state index contributed by atoms with van der Waals surface area (Å²) in [6.45, 7) is 4.99. The monoisotopic (exact) mass is 388 g/mol. The van der Waals surface area contributed by atoms with E-state index in [9.17, 15) is 0 Å². The molecule has 6 nitrogen and oxygen atoms in total. The van der Waals surface area contributed by atoms with E-state index in [1.807, 2.05) is 31.2 Å². The van der Waals surface area contributed by atoms with Crippen molar-refractivity contribution in [2.75, 3.05) is 6.61 Å². The highest BCUT2D eigenvalue weighted by Crippen LogP contribution is 2.39. The summed E-state index contributed by atoms with van der Waals surface area (Å²) in [5.74, 6) is 1.80. The summed E-state index contributed by atoms with van der Waals surface area (Å²) in [5, 5.41) is 14.0. The highest BCUT2D eigenvalue weighted by Gasteiger charge is 2.15. The Bertz CT molecular complexity index is 821. The second kappa shape index (κ2) is 7.44. The number of aryl methyl sites for hydroxylation is 1. The van der Waals surface area contributed by atoms with Gasteiger partial charge in [0.25, 0.3) is 0 Å². The van der Waals surface area contributed by atoms with Gasteiger partial charge in [-0.1, -0.05) is 24.3 Å². The molecule has 124 valence electrons. The lowest BCUT2D eigenvalue weighted by molar-refractivity contribution is 0.267. The smallest absolute Gasteiger partial charge is 0.204 e. The minimum Gasteiger partial charge on any atom is -0.490 e. The van der Waals surface area contributed by atoms with Gasteiger partial charge in [0.15, 0.2) is 11.5 Å². The topological polar surface area (TPSA) is 72.9 Å². The molecule has 24 heavy (non-hydrogen) atoms. The van der Waals surface area contributed by atoms with Crippen LogP contribution >= 0.6 is 15.9 Å². The fourth-order valence-electron chi connectivity index (χ4n) is 2.31. The van der Waals surface area contributed by atoms with E-state index >= 15 is 0 Å². The maximum Gasteiger partial charge on any atom is 0.204 e. The van der Waals surface area contributed by atoms with Crippen LogP contribution in [0.4, 0.5) is 0 Å². The molecule has 3 aromatic rings. The fraction of sp³-hybridized carbons (Fsp3) is 0.235. The Kier molecular flexibility index (Phi) is 5.10. The zero-order valence-electron chi connectivity index (χ0n) is 13.4. The number of benzene rings is 2. The van der Waals surface area contributed by atoms with Gasteiger partial charge in [0.1, 0.15) is 6.61 Å². The zero-order chi connectivity index (χ0) is 16.9. The number of aromatic amines is 1. The maximum atomic E-state index is 6.02. The zero-order valence-corrected chi connectivity index (χ0v) is 15.0. The molecule has 0 atom stereocenters. The Morgan fingerprint density at radius 1 is 1.17 bits per heavy atom. The van der Waals surface area contributed by atoms with Gasteiger partial charge in [0, 0.05) is 5.56 Å². The van der Waals surface area contributed by atoms with Gasteiger partial charge >= 0.3 is 0 Å². The molecule has 0 saturated heterocycles. The van der Waals surface area contributed by atoms with Crippen LogP contribution in [0, 0.1) is 6.92 Å². The second-order valence-electron chi connectivity index (χ2n) is 5.17. The molecule has 1 heterocycles. The third-order valence-electron chi connectivity index (χ3n) is 3.55. The van der Waals surface area contributed by atoms with Crippen LogP contribution in [0.5, 0.6) is 11.5 Å². The Morgan fingerprint density at radius 3 is 2.71 bits per heavy atom. The van der Waals surface area contributed by atoms with E-state index in [1.165, 1.54) is 5.56 Å². The number of hydrogen-bond donors (Lipinski definition) is 1. The number of nitrogens with one attached hydrogen (secondary N) is 1. The Hall–Kier alpha value is -2.41. The lowest BCUT2D eigenvalue weighted by Crippen LogP contribution is -2.02. The first-order chi connectivity index (χ1) is 11.7. The summed E-state index contributed by atoms with van der Waals surface area (Å²) in [4.78, 5) is 0. The molecule has 0 unspecified atom stereocenters. The number of hydrogen-bond acceptors (Lipinski definition) is 5. The molecule has 0 bridgehead atoms. The third-order valence-corrected chi connectivity index (χ3v) is 4.14. The van der Waals surface area contributed by atoms with Gasteiger partial charge in [0.05, 0.1) is 11.1 Å². The van der Waals surface area contributed by atoms with Gasteiger partial charge in [-0.15, -0.1) is 10.2 Å². The third kappa shape index (κ3) is 3.56. The van der Waals surface area contributed by atoms with Crippen molar-refractivity contribution in [3.8, 4) is 22.9 Å². The van der Waals surface area contributed by atoms with Crippen LogP contribution < -0.4 is 9.47 Å². The van der Waals surface area contributed by atoms with E-state index in [0.29, 0.717) is 30.5 Å². The van der Waals surface area contributed by atoms with Gasteiger partial charge in [0.2, 0.25) is 5.82 Å². The molecule has 7 heteroatoms. The van der Waals surface area contributed by atoms with Crippen molar-refractivity contribution >= 4 is 15.9 Å². The van der Waals surface area contributed by atoms with Crippen molar-refractivity contribution in [1.29, 1.82) is 0 Å². The molecule has 0 saturated carbocycles. The van der Waals surface area contributed by atoms with E-state index in [2.05, 4.69) is 55.6 Å². The first-order valence-corrected chi connectivity index (χ1v) is 8.35. The summed E-state index contributed by atoms with van der Waals surface area (Å²) in [7, 11) is 0. The normalized spacial score (nSPS) is 10.6. The molecule has 1 N–H and O–H groups in total. The predicted octanol–water partition coefficient (Wildman–Crippen LogP) is 3.92. The minimum atomic E-state index is 0.465. The van der Waals surface area contributed by atoms with Crippen LogP contribution in [-0.4, -0.2) is 27.2 Å². The Balaban J connectivity index is 1.90. The molecule has 0 aliphatic carbocycles. The predicted molar refractivity (Wildman–Crippen MR) is 94.0 cm³/mol. The average Bonchev–Trinajstić information content (AvgIpc) is 3.10. The lowest BCUT2D eigenvalue weighted by atomic mass is 10.1. The van der Waals surface area contributed by atoms with E-state index < -0.39 is 0 Å². The number of rotatable bonds is 6. The molecule has 1 aromatic heterocycles. The second-order valence-corrected chi connectivity index (χ2v) is 6.02. The largest absolute Gasteiger partial charge is 0.490 e. The average molecular weight is 389 g/mol. The first kappa shape index (κ1) is 16.4. The molecule has 0 aliphatic heterocycles. The molecular weight excluding hydrogens is 372 g/mol. The van der Waals surface area contributed by atoms with Crippen LogP contribution in [-0.2, 0) is 6.61 Å². The number of H-pyrrole nitrogens is 1. The van der Waals surface area contributed by atoms with Crippen LogP contribution in [0.15, 0.2) is 40.9 Å². The highest BCUT2D eigenvalue weighted by molar-refractivity contribution is 9.10. The quantitative estimate of drug-likeness (QED) is 0.692. The van der Waals surface area contributed by atoms with Gasteiger partial charge in [-0.3, -0.25) is 0 Å². The SMILES string of the molecule is CCOc1cc(-c2nn[nH]n2)cc(Br)c1OCc1ccccc1C. The molecule has 3 rings (SSSR count). The van der Waals surface area contributed by atoms with E-state index in [0.717, 1.165) is 15.6 Å². The molecule has 0 radical (unpaired) electrons. The van der Waals surface area contributed by atoms with Crippen LogP contribution in [0.3, 0.4) is 0 Å². The molecular formula is C17H17BrN4O2. The van der Waals surface area contributed by atoms with Crippen LogP contribution in [0.2, 0.25) is 0 Å². The number of ether oxygens (including phenoxy) is 2. The maximum absolute atomic E-state index is 6.02. The van der Waals surface area contributed by atoms with E-state index in [4.69, 9.17) is 9.47 Å². The summed E-state index contributed by atoms with van der Waals surface area (Å²) in [6, 6.07) is 11.9. The van der Waals surface area contributed by atoms with Crippen molar-refractivity contribution in [2.45, 2.75) is 20.5 Å². The molecule has 0 amide bonds. The summed E-state index contributed by atoms with van der Waals surface area (Å²) in [6.07, 6.45) is 0. The number of aromatic nitrogens is 4. The van der Waals surface area contributed by atoms with Crippen molar-refractivity contribution in [2.24, 2.45) is 0 Å².